The van der Waals surface area contributed by atoms with Gasteiger partial charge in [-0.2, -0.15) is 0 Å². The van der Waals surface area contributed by atoms with Crippen molar-refractivity contribution in [1.29, 1.82) is 0 Å². The second-order valence-corrected chi connectivity index (χ2v) is 8.57. The van der Waals surface area contributed by atoms with Crippen LogP contribution in [0.3, 0.4) is 0 Å². The van der Waals surface area contributed by atoms with Crippen LogP contribution in [-0.2, 0) is 20.7 Å². The lowest BCUT2D eigenvalue weighted by Crippen LogP contribution is -2.51. The minimum Gasteiger partial charge on any atom is -0.457 e. The van der Waals surface area contributed by atoms with Gasteiger partial charge in [0.15, 0.2) is 12.4 Å². The molecule has 0 N–H and O–H groups in total. The van der Waals surface area contributed by atoms with E-state index in [0.717, 1.165) is 19.3 Å². The Hall–Kier alpha value is -1.42. The fourth-order valence-corrected chi connectivity index (χ4v) is 5.88. The summed E-state index contributed by atoms with van der Waals surface area (Å²) >= 11 is 5.93. The number of esters is 1. The zero-order valence-corrected chi connectivity index (χ0v) is 14.9. The van der Waals surface area contributed by atoms with E-state index < -0.39 is 11.8 Å². The summed E-state index contributed by atoms with van der Waals surface area (Å²) in [5.74, 6) is 0.927. The normalized spacial score (nSPS) is 32.6. The van der Waals surface area contributed by atoms with Gasteiger partial charge in [-0.3, -0.25) is 9.59 Å². The van der Waals surface area contributed by atoms with Gasteiger partial charge in [-0.05, 0) is 68.4 Å². The number of ether oxygens (including phenoxy) is 1. The van der Waals surface area contributed by atoms with Crippen molar-refractivity contribution in [2.45, 2.75) is 44.9 Å². The van der Waals surface area contributed by atoms with Crippen LogP contribution in [0.1, 0.15) is 44.1 Å². The van der Waals surface area contributed by atoms with Gasteiger partial charge in [0.1, 0.15) is 5.82 Å². The summed E-state index contributed by atoms with van der Waals surface area (Å²) < 4.78 is 18.9. The highest BCUT2D eigenvalue weighted by Crippen LogP contribution is 2.60. The number of Topliss-reactive ketones (excluding diaryl/α,β-unsaturated/α-hetero) is 1. The van der Waals surface area contributed by atoms with Crippen molar-refractivity contribution in [2.75, 3.05) is 6.61 Å². The molecule has 25 heavy (non-hydrogen) atoms. The molecule has 4 bridgehead atoms. The molecule has 0 aromatic heterocycles. The Bertz CT molecular complexity index is 659. The van der Waals surface area contributed by atoms with Gasteiger partial charge >= 0.3 is 5.97 Å². The summed E-state index contributed by atoms with van der Waals surface area (Å²) in [5, 5.41) is 0.198. The first-order valence-corrected chi connectivity index (χ1v) is 9.45. The zero-order chi connectivity index (χ0) is 17.6. The van der Waals surface area contributed by atoms with E-state index in [1.165, 1.54) is 37.5 Å². The Kier molecular flexibility index (Phi) is 4.35. The molecule has 4 aliphatic carbocycles. The standard InChI is InChI=1S/C20H22ClFO3/c21-16-2-1-3-17(22)15(16)7-19(24)25-11-18(23)20-8-12-4-13(9-20)6-14(5-12)10-20/h1-3,12-14H,4-11H2. The molecule has 0 atom stereocenters. The second kappa shape index (κ2) is 6.39. The molecule has 5 rings (SSSR count). The third-order valence-electron chi connectivity index (χ3n) is 6.38. The Morgan fingerprint density at radius 1 is 1.12 bits per heavy atom. The monoisotopic (exact) mass is 364 g/mol. The van der Waals surface area contributed by atoms with Crippen molar-refractivity contribution in [3.8, 4) is 0 Å². The van der Waals surface area contributed by atoms with Crippen LogP contribution < -0.4 is 0 Å². The van der Waals surface area contributed by atoms with Crippen LogP contribution in [-0.4, -0.2) is 18.4 Å². The highest BCUT2D eigenvalue weighted by molar-refractivity contribution is 6.31. The van der Waals surface area contributed by atoms with Crippen LogP contribution in [0, 0.1) is 29.0 Å². The Balaban J connectivity index is 1.37. The summed E-state index contributed by atoms with van der Waals surface area (Å²) in [5.41, 5.74) is -0.151. The number of ketones is 1. The van der Waals surface area contributed by atoms with Crippen LogP contribution in [0.25, 0.3) is 0 Å². The molecule has 0 aliphatic heterocycles. The lowest BCUT2D eigenvalue weighted by molar-refractivity contribution is -0.157. The largest absolute Gasteiger partial charge is 0.457 e. The van der Waals surface area contributed by atoms with Gasteiger partial charge < -0.3 is 4.74 Å². The highest BCUT2D eigenvalue weighted by atomic mass is 35.5. The smallest absolute Gasteiger partial charge is 0.310 e. The van der Waals surface area contributed by atoms with Gasteiger partial charge in [0, 0.05) is 16.0 Å². The van der Waals surface area contributed by atoms with E-state index in [0.29, 0.717) is 17.8 Å². The third-order valence-corrected chi connectivity index (χ3v) is 6.73. The topological polar surface area (TPSA) is 43.4 Å². The summed E-state index contributed by atoms with van der Waals surface area (Å²) in [6.07, 6.45) is 6.39. The quantitative estimate of drug-likeness (QED) is 0.729. The summed E-state index contributed by atoms with van der Waals surface area (Å²) in [6, 6.07) is 4.28. The maximum atomic E-state index is 13.8. The number of hydrogen-bond donors (Lipinski definition) is 0. The molecule has 0 radical (unpaired) electrons. The molecule has 3 nitrogen and oxygen atoms in total. The molecule has 4 saturated carbocycles. The van der Waals surface area contributed by atoms with E-state index in [1.54, 1.807) is 0 Å². The fraction of sp³-hybridized carbons (Fsp3) is 0.600. The average Bonchev–Trinajstić information content (AvgIpc) is 2.55. The van der Waals surface area contributed by atoms with E-state index in [9.17, 15) is 14.0 Å². The maximum Gasteiger partial charge on any atom is 0.310 e. The molecule has 0 heterocycles. The van der Waals surface area contributed by atoms with Gasteiger partial charge in [-0.15, -0.1) is 0 Å². The van der Waals surface area contributed by atoms with Gasteiger partial charge in [0.2, 0.25) is 0 Å². The number of carbonyl (C=O) groups is 2. The van der Waals surface area contributed by atoms with Gasteiger partial charge in [-0.25, -0.2) is 4.39 Å². The predicted molar refractivity (Wildman–Crippen MR) is 91.7 cm³/mol. The van der Waals surface area contributed by atoms with E-state index >= 15 is 0 Å². The minimum atomic E-state index is -0.606. The molecule has 0 saturated heterocycles. The Labute approximate surface area is 151 Å². The summed E-state index contributed by atoms with van der Waals surface area (Å²) in [6.45, 7) is -0.197. The number of halogens is 2. The van der Waals surface area contributed by atoms with Gasteiger partial charge in [-0.1, -0.05) is 17.7 Å². The van der Waals surface area contributed by atoms with Crippen LogP contribution in [0.5, 0.6) is 0 Å². The molecular formula is C20H22ClFO3. The van der Waals surface area contributed by atoms with Crippen LogP contribution in [0.2, 0.25) is 5.02 Å². The molecule has 1 aromatic rings. The number of hydrogen-bond acceptors (Lipinski definition) is 3. The van der Waals surface area contributed by atoms with Crippen molar-refractivity contribution >= 4 is 23.4 Å². The predicted octanol–water partition coefficient (Wildman–Crippen LogP) is 4.35. The molecule has 0 unspecified atom stereocenters. The minimum absolute atomic E-state index is 0.0552. The van der Waals surface area contributed by atoms with Crippen LogP contribution in [0.15, 0.2) is 18.2 Å². The van der Waals surface area contributed by atoms with E-state index in [-0.39, 0.29) is 34.8 Å². The molecule has 4 aliphatic rings. The first kappa shape index (κ1) is 17.0. The molecular weight excluding hydrogens is 343 g/mol. The molecule has 5 heteroatoms. The number of rotatable bonds is 5. The maximum absolute atomic E-state index is 13.8. The van der Waals surface area contributed by atoms with Crippen molar-refractivity contribution < 1.29 is 18.7 Å². The van der Waals surface area contributed by atoms with Crippen LogP contribution >= 0.6 is 11.6 Å². The zero-order valence-electron chi connectivity index (χ0n) is 14.1. The Morgan fingerprint density at radius 2 is 1.72 bits per heavy atom. The van der Waals surface area contributed by atoms with E-state index in [1.807, 2.05) is 0 Å². The van der Waals surface area contributed by atoms with E-state index in [2.05, 4.69) is 0 Å². The van der Waals surface area contributed by atoms with Gasteiger partial charge in [0.25, 0.3) is 0 Å². The van der Waals surface area contributed by atoms with Gasteiger partial charge in [0.05, 0.1) is 6.42 Å². The lowest BCUT2D eigenvalue weighted by Gasteiger charge is -2.55. The first-order chi connectivity index (χ1) is 11.9. The third kappa shape index (κ3) is 3.21. The van der Waals surface area contributed by atoms with Crippen molar-refractivity contribution in [3.63, 3.8) is 0 Å². The van der Waals surface area contributed by atoms with E-state index in [4.69, 9.17) is 16.3 Å². The SMILES string of the molecule is O=C(Cc1c(F)cccc1Cl)OCC(=O)C12CC3CC(CC(C3)C1)C2. The number of benzene rings is 1. The Morgan fingerprint density at radius 3 is 2.28 bits per heavy atom. The molecule has 0 amide bonds. The van der Waals surface area contributed by atoms with Crippen molar-refractivity contribution in [3.05, 3.63) is 34.6 Å². The second-order valence-electron chi connectivity index (χ2n) is 8.16. The van der Waals surface area contributed by atoms with Crippen molar-refractivity contribution in [1.82, 2.24) is 0 Å². The summed E-state index contributed by atoms with van der Waals surface area (Å²) in [4.78, 5) is 24.9. The fourth-order valence-electron chi connectivity index (χ4n) is 5.65. The average molecular weight is 365 g/mol. The molecule has 0 spiro atoms. The summed E-state index contributed by atoms with van der Waals surface area (Å²) in [7, 11) is 0. The van der Waals surface area contributed by atoms with Crippen molar-refractivity contribution in [2.24, 2.45) is 23.2 Å². The van der Waals surface area contributed by atoms with Crippen LogP contribution in [0.4, 0.5) is 4.39 Å². The lowest BCUT2D eigenvalue weighted by atomic mass is 9.48. The highest BCUT2D eigenvalue weighted by Gasteiger charge is 2.54. The molecule has 134 valence electrons. The molecule has 1 aromatic carbocycles. The first-order valence-electron chi connectivity index (χ1n) is 9.07. The molecule has 4 fully saturated rings. The number of carbonyl (C=O) groups excluding carboxylic acids is 2.